The van der Waals surface area contributed by atoms with E-state index in [0.29, 0.717) is 12.5 Å². The first kappa shape index (κ1) is 25.6. The van der Waals surface area contributed by atoms with E-state index in [1.54, 1.807) is 18.2 Å². The fourth-order valence-corrected chi connectivity index (χ4v) is 7.18. The first-order valence-corrected chi connectivity index (χ1v) is 14.0. The number of hydrogen-bond donors (Lipinski definition) is 1. The number of nitrogens with one attached hydrogen (secondary N) is 1. The maximum atomic E-state index is 13.8. The van der Waals surface area contributed by atoms with Crippen molar-refractivity contribution >= 4 is 22.9 Å². The van der Waals surface area contributed by atoms with Gasteiger partial charge < -0.3 is 14.8 Å². The normalized spacial score (nSPS) is 22.1. The van der Waals surface area contributed by atoms with Crippen LogP contribution in [-0.4, -0.2) is 41.3 Å². The van der Waals surface area contributed by atoms with Crippen molar-refractivity contribution in [3.8, 4) is 0 Å². The molecule has 2 heterocycles. The Morgan fingerprint density at radius 3 is 2.41 bits per heavy atom. The summed E-state index contributed by atoms with van der Waals surface area (Å²) in [6, 6.07) is 25.7. The van der Waals surface area contributed by atoms with Crippen LogP contribution in [0.1, 0.15) is 54.1 Å². The minimum atomic E-state index is -0.360. The lowest BCUT2D eigenvalue weighted by atomic mass is 9.68. The summed E-state index contributed by atoms with van der Waals surface area (Å²) in [5.41, 5.74) is 5.55. The highest BCUT2D eigenvalue weighted by molar-refractivity contribution is 5.93. The van der Waals surface area contributed by atoms with E-state index < -0.39 is 0 Å². The molecule has 39 heavy (non-hydrogen) atoms. The van der Waals surface area contributed by atoms with Gasteiger partial charge in [0.05, 0.1) is 5.54 Å². The average Bonchev–Trinajstić information content (AvgIpc) is 3.35. The zero-order valence-electron chi connectivity index (χ0n) is 22.7. The van der Waals surface area contributed by atoms with Gasteiger partial charge in [-0.3, -0.25) is 4.79 Å². The molecule has 0 radical (unpaired) electrons. The molecule has 1 unspecified atom stereocenters. The van der Waals surface area contributed by atoms with Crippen LogP contribution in [-0.2, 0) is 16.8 Å². The van der Waals surface area contributed by atoms with Crippen LogP contribution in [0.5, 0.6) is 0 Å². The number of H-pyrrole nitrogens is 1. The van der Waals surface area contributed by atoms with Crippen molar-refractivity contribution in [2.75, 3.05) is 20.6 Å². The number of aromatic amines is 1. The standard InChI is InChI=1S/C34H36FN3O/c1-37(2)32(25-13-15-27(35)16-14-25)26-18-21-34(22-19-26)33-29(28-10-6-7-11-30(28)36-33)20-23-38(34)31(39)17-12-24-8-4-3-5-9-24/h3-17,26,32,36H,18-23H2,1-2H3. The summed E-state index contributed by atoms with van der Waals surface area (Å²) in [6.45, 7) is 0.715. The van der Waals surface area contributed by atoms with Gasteiger partial charge >= 0.3 is 0 Å². The van der Waals surface area contributed by atoms with Crippen molar-refractivity contribution in [3.63, 3.8) is 0 Å². The van der Waals surface area contributed by atoms with Crippen molar-refractivity contribution in [2.24, 2.45) is 5.92 Å². The van der Waals surface area contributed by atoms with Gasteiger partial charge in [-0.25, -0.2) is 4.39 Å². The van der Waals surface area contributed by atoms with Crippen molar-refractivity contribution < 1.29 is 9.18 Å². The number of benzene rings is 3. The van der Waals surface area contributed by atoms with E-state index in [1.807, 2.05) is 48.5 Å². The third-order valence-electron chi connectivity index (χ3n) is 8.94. The topological polar surface area (TPSA) is 39.3 Å². The van der Waals surface area contributed by atoms with Crippen LogP contribution in [0.25, 0.3) is 17.0 Å². The summed E-state index contributed by atoms with van der Waals surface area (Å²) in [6.07, 6.45) is 8.30. The molecule has 6 rings (SSSR count). The maximum Gasteiger partial charge on any atom is 0.247 e. The molecule has 1 aliphatic carbocycles. The van der Waals surface area contributed by atoms with Gasteiger partial charge in [0.25, 0.3) is 0 Å². The van der Waals surface area contributed by atoms with E-state index in [1.165, 1.54) is 16.6 Å². The lowest BCUT2D eigenvalue weighted by Gasteiger charge is -2.51. The average molecular weight is 522 g/mol. The molecule has 1 fully saturated rings. The Morgan fingerprint density at radius 2 is 1.69 bits per heavy atom. The summed E-state index contributed by atoms with van der Waals surface area (Å²) in [5, 5.41) is 1.28. The first-order valence-electron chi connectivity index (χ1n) is 14.0. The van der Waals surface area contributed by atoms with E-state index >= 15 is 0 Å². The number of halogens is 1. The zero-order chi connectivity index (χ0) is 27.0. The molecule has 2 aliphatic rings. The van der Waals surface area contributed by atoms with Crippen molar-refractivity contribution in [1.29, 1.82) is 0 Å². The highest BCUT2D eigenvalue weighted by atomic mass is 19.1. The molecule has 1 spiro atoms. The molecule has 0 saturated heterocycles. The van der Waals surface area contributed by atoms with E-state index in [9.17, 15) is 9.18 Å². The number of nitrogens with zero attached hydrogens (tertiary/aromatic N) is 2. The minimum absolute atomic E-state index is 0.0734. The van der Waals surface area contributed by atoms with Crippen LogP contribution in [0.2, 0.25) is 0 Å². The molecule has 4 nitrogen and oxygen atoms in total. The molecule has 1 aliphatic heterocycles. The van der Waals surface area contributed by atoms with Gasteiger partial charge in [-0.05, 0) is 93.1 Å². The predicted molar refractivity (Wildman–Crippen MR) is 156 cm³/mol. The molecule has 5 heteroatoms. The molecule has 4 aromatic rings. The van der Waals surface area contributed by atoms with Crippen LogP contribution < -0.4 is 0 Å². The Bertz CT molecular complexity index is 1480. The predicted octanol–water partition coefficient (Wildman–Crippen LogP) is 7.09. The van der Waals surface area contributed by atoms with Gasteiger partial charge in [-0.1, -0.05) is 60.7 Å². The van der Waals surface area contributed by atoms with E-state index in [-0.39, 0.29) is 23.3 Å². The molecule has 0 bridgehead atoms. The summed E-state index contributed by atoms with van der Waals surface area (Å²) >= 11 is 0. The molecular weight excluding hydrogens is 485 g/mol. The summed E-state index contributed by atoms with van der Waals surface area (Å²) in [4.78, 5) is 22.0. The summed E-state index contributed by atoms with van der Waals surface area (Å²) in [5.74, 6) is 0.289. The van der Waals surface area contributed by atoms with Crippen molar-refractivity contribution in [3.05, 3.63) is 113 Å². The summed E-state index contributed by atoms with van der Waals surface area (Å²) < 4.78 is 13.7. The third kappa shape index (κ3) is 4.70. The van der Waals surface area contributed by atoms with Gasteiger partial charge in [0, 0.05) is 35.3 Å². The second kappa shape index (κ2) is 10.5. The second-order valence-electron chi connectivity index (χ2n) is 11.3. The molecule has 200 valence electrons. The molecule has 1 N–H and O–H groups in total. The number of hydrogen-bond acceptors (Lipinski definition) is 2. The van der Waals surface area contributed by atoms with Gasteiger partial charge in [0.15, 0.2) is 0 Å². The molecule has 3 aromatic carbocycles. The highest BCUT2D eigenvalue weighted by Gasteiger charge is 2.49. The number of para-hydroxylation sites is 1. The van der Waals surface area contributed by atoms with Gasteiger partial charge in [-0.15, -0.1) is 0 Å². The molecule has 1 atom stereocenters. The molecule has 1 amide bonds. The monoisotopic (exact) mass is 521 g/mol. The third-order valence-corrected chi connectivity index (χ3v) is 8.94. The van der Waals surface area contributed by atoms with E-state index in [4.69, 9.17) is 0 Å². The minimum Gasteiger partial charge on any atom is -0.356 e. The van der Waals surface area contributed by atoms with Crippen LogP contribution in [0, 0.1) is 11.7 Å². The molecule has 1 aromatic heterocycles. The first-order chi connectivity index (χ1) is 19.0. The Morgan fingerprint density at radius 1 is 1.00 bits per heavy atom. The number of amides is 1. The second-order valence-corrected chi connectivity index (χ2v) is 11.3. The number of carbonyl (C=O) groups excluding carboxylic acids is 1. The highest BCUT2D eigenvalue weighted by Crippen LogP contribution is 2.51. The lowest BCUT2D eigenvalue weighted by molar-refractivity contribution is -0.136. The largest absolute Gasteiger partial charge is 0.356 e. The smallest absolute Gasteiger partial charge is 0.247 e. The van der Waals surface area contributed by atoms with Crippen molar-refractivity contribution in [2.45, 2.75) is 43.7 Å². The SMILES string of the molecule is CN(C)C(c1ccc(F)cc1)C1CCC2(CC1)c1[nH]c3ccccc3c1CCN2C(=O)C=Cc1ccccc1. The van der Waals surface area contributed by atoms with Gasteiger partial charge in [0.1, 0.15) is 5.82 Å². The van der Waals surface area contributed by atoms with E-state index in [2.05, 4.69) is 53.1 Å². The molecule has 1 saturated carbocycles. The van der Waals surface area contributed by atoms with Gasteiger partial charge in [0.2, 0.25) is 5.91 Å². The van der Waals surface area contributed by atoms with Crippen molar-refractivity contribution in [1.82, 2.24) is 14.8 Å². The fraction of sp³-hybridized carbons (Fsp3) is 0.324. The lowest BCUT2D eigenvalue weighted by Crippen LogP contribution is -2.55. The van der Waals surface area contributed by atoms with Crippen LogP contribution in [0.3, 0.4) is 0 Å². The Labute approximate surface area is 230 Å². The van der Waals surface area contributed by atoms with Crippen LogP contribution in [0.15, 0.2) is 84.9 Å². The number of fused-ring (bicyclic) bond motifs is 4. The quantitative estimate of drug-likeness (QED) is 0.285. The fourth-order valence-electron chi connectivity index (χ4n) is 7.18. The Balaban J connectivity index is 1.34. The van der Waals surface area contributed by atoms with Crippen LogP contribution in [0.4, 0.5) is 4.39 Å². The van der Waals surface area contributed by atoms with E-state index in [0.717, 1.165) is 48.7 Å². The Hall–Kier alpha value is -3.70. The van der Waals surface area contributed by atoms with Gasteiger partial charge in [-0.2, -0.15) is 0 Å². The summed E-state index contributed by atoms with van der Waals surface area (Å²) in [7, 11) is 4.22. The number of rotatable bonds is 5. The maximum absolute atomic E-state index is 13.8. The molecular formula is C34H36FN3O. The zero-order valence-corrected chi connectivity index (χ0v) is 22.7. The van der Waals surface area contributed by atoms with Crippen LogP contribution >= 0.6 is 0 Å². The number of aromatic nitrogens is 1. The number of carbonyl (C=O) groups is 1. The Kier molecular flexibility index (Phi) is 6.86.